The number of amides is 1. The van der Waals surface area contributed by atoms with Gasteiger partial charge < -0.3 is 9.84 Å². The summed E-state index contributed by atoms with van der Waals surface area (Å²) in [5, 5.41) is 21.5. The summed E-state index contributed by atoms with van der Waals surface area (Å²) in [5.41, 5.74) is 4.07. The van der Waals surface area contributed by atoms with Crippen molar-refractivity contribution in [2.45, 2.75) is 55.3 Å². The first-order valence-electron chi connectivity index (χ1n) is 13.7. The van der Waals surface area contributed by atoms with E-state index in [1.165, 1.54) is 28.0 Å². The maximum Gasteiger partial charge on any atom is 0.301 e. The van der Waals surface area contributed by atoms with Gasteiger partial charge in [0.2, 0.25) is 5.13 Å². The molecule has 1 N–H and O–H groups in total. The van der Waals surface area contributed by atoms with Gasteiger partial charge in [-0.2, -0.15) is 0 Å². The molecule has 6 rings (SSSR count). The number of hydrogen-bond donors (Lipinski definition) is 1. The number of ether oxygens (including phenoxy) is 1. The van der Waals surface area contributed by atoms with Crippen LogP contribution in [0.25, 0.3) is 5.76 Å². The van der Waals surface area contributed by atoms with E-state index in [-0.39, 0.29) is 22.6 Å². The average Bonchev–Trinajstić information content (AvgIpc) is 3.67. The van der Waals surface area contributed by atoms with Gasteiger partial charge in [-0.15, -0.1) is 10.2 Å². The predicted molar refractivity (Wildman–Crippen MR) is 171 cm³/mol. The van der Waals surface area contributed by atoms with Crippen LogP contribution in [0.15, 0.2) is 70.6 Å². The van der Waals surface area contributed by atoms with E-state index in [4.69, 9.17) is 27.9 Å². The highest BCUT2D eigenvalue weighted by Crippen LogP contribution is 2.45. The van der Waals surface area contributed by atoms with E-state index in [1.807, 2.05) is 43.3 Å². The number of anilines is 1. The minimum atomic E-state index is -0.888. The third-order valence-corrected chi connectivity index (χ3v) is 10.2. The number of aliphatic hydroxyl groups is 1. The number of ketones is 1. The fourth-order valence-electron chi connectivity index (χ4n) is 5.27. The van der Waals surface area contributed by atoms with Crippen molar-refractivity contribution in [3.63, 3.8) is 0 Å². The molecule has 7 nitrogen and oxygen atoms in total. The van der Waals surface area contributed by atoms with Crippen molar-refractivity contribution in [1.82, 2.24) is 10.2 Å². The van der Waals surface area contributed by atoms with Crippen LogP contribution < -0.4 is 9.64 Å². The summed E-state index contributed by atoms with van der Waals surface area (Å²) in [5.74, 6) is -0.219. The Hall–Kier alpha value is -3.37. The lowest BCUT2D eigenvalue weighted by atomic mass is 9.93. The molecule has 1 saturated heterocycles. The maximum absolute atomic E-state index is 13.6. The standard InChI is InChI=1S/C32H27Cl2N3O4S2/c1-16(2)18-4-6-19(7-5-18)27-26(28(38)20-9-11-25-22(13-20)12-17(3)41-25)29(39)30(40)37(27)31-35-36-32(43-31)42-15-21-8-10-23(33)14-24(21)34/h4-11,13-14,16-17,27,38H,12,15H2,1-3H3/b28-26+/t17-,27+/m0/s1. The van der Waals surface area contributed by atoms with Crippen LogP contribution >= 0.6 is 46.3 Å². The molecular formula is C32H27Cl2N3O4S2. The van der Waals surface area contributed by atoms with Crippen molar-refractivity contribution < 1.29 is 19.4 Å². The Morgan fingerprint density at radius 2 is 1.86 bits per heavy atom. The molecular weight excluding hydrogens is 625 g/mol. The summed E-state index contributed by atoms with van der Waals surface area (Å²) in [6.07, 6.45) is 0.717. The summed E-state index contributed by atoms with van der Waals surface area (Å²) in [4.78, 5) is 28.6. The molecule has 0 spiro atoms. The van der Waals surface area contributed by atoms with E-state index in [2.05, 4.69) is 24.0 Å². The van der Waals surface area contributed by atoms with Gasteiger partial charge in [-0.05, 0) is 65.4 Å². The van der Waals surface area contributed by atoms with E-state index in [0.717, 1.165) is 22.4 Å². The molecule has 43 heavy (non-hydrogen) atoms. The lowest BCUT2D eigenvalue weighted by molar-refractivity contribution is -0.132. The van der Waals surface area contributed by atoms with Crippen LogP contribution in [0.4, 0.5) is 5.13 Å². The van der Waals surface area contributed by atoms with Gasteiger partial charge in [-0.25, -0.2) is 0 Å². The molecule has 0 unspecified atom stereocenters. The highest BCUT2D eigenvalue weighted by atomic mass is 35.5. The predicted octanol–water partition coefficient (Wildman–Crippen LogP) is 8.21. The van der Waals surface area contributed by atoms with Crippen molar-refractivity contribution in [1.29, 1.82) is 0 Å². The van der Waals surface area contributed by atoms with Gasteiger partial charge in [-0.1, -0.05) is 90.5 Å². The molecule has 3 aromatic carbocycles. The molecule has 2 atom stereocenters. The number of carbonyl (C=O) groups is 2. The van der Waals surface area contributed by atoms with Gasteiger partial charge in [-0.3, -0.25) is 14.5 Å². The van der Waals surface area contributed by atoms with Crippen molar-refractivity contribution >= 4 is 68.9 Å². The minimum Gasteiger partial charge on any atom is -0.507 e. The van der Waals surface area contributed by atoms with Crippen LogP contribution in [0.2, 0.25) is 10.0 Å². The van der Waals surface area contributed by atoms with Gasteiger partial charge in [0.1, 0.15) is 17.6 Å². The zero-order valence-corrected chi connectivity index (χ0v) is 26.7. The second-order valence-electron chi connectivity index (χ2n) is 10.8. The molecule has 2 aliphatic heterocycles. The number of hydrogen-bond acceptors (Lipinski definition) is 8. The van der Waals surface area contributed by atoms with Gasteiger partial charge in [0, 0.05) is 27.8 Å². The molecule has 2 aliphatic rings. The van der Waals surface area contributed by atoms with Gasteiger partial charge in [0.05, 0.1) is 11.6 Å². The van der Waals surface area contributed by atoms with Crippen molar-refractivity contribution in [3.05, 3.63) is 104 Å². The number of nitrogens with zero attached hydrogens (tertiary/aromatic N) is 3. The molecule has 1 aromatic heterocycles. The van der Waals surface area contributed by atoms with Crippen LogP contribution in [-0.4, -0.2) is 33.1 Å². The molecule has 0 bridgehead atoms. The molecule has 3 heterocycles. The highest BCUT2D eigenvalue weighted by Gasteiger charge is 2.48. The molecule has 1 fully saturated rings. The summed E-state index contributed by atoms with van der Waals surface area (Å²) in [7, 11) is 0. The Morgan fingerprint density at radius 1 is 1.09 bits per heavy atom. The lowest BCUT2D eigenvalue weighted by Crippen LogP contribution is -2.29. The zero-order valence-electron chi connectivity index (χ0n) is 23.5. The zero-order chi connectivity index (χ0) is 30.4. The Kier molecular flexibility index (Phi) is 8.26. The fraction of sp³-hybridized carbons (Fsp3) is 0.250. The Morgan fingerprint density at radius 3 is 2.58 bits per heavy atom. The minimum absolute atomic E-state index is 0.00607. The number of thioether (sulfide) groups is 1. The number of benzene rings is 3. The summed E-state index contributed by atoms with van der Waals surface area (Å²) < 4.78 is 6.41. The van der Waals surface area contributed by atoms with Crippen LogP contribution in [0.5, 0.6) is 5.75 Å². The maximum atomic E-state index is 13.6. The monoisotopic (exact) mass is 651 g/mol. The van der Waals surface area contributed by atoms with E-state index >= 15 is 0 Å². The topological polar surface area (TPSA) is 92.6 Å². The normalized spacial score (nSPS) is 19.3. The molecule has 0 saturated carbocycles. The SMILES string of the molecule is CC(C)c1ccc([C@@H]2/C(=C(\O)c3ccc4c(c3)C[C@H](C)O4)C(=O)C(=O)N2c2nnc(SCc3ccc(Cl)cc3Cl)s2)cc1. The van der Waals surface area contributed by atoms with E-state index in [9.17, 15) is 14.7 Å². The highest BCUT2D eigenvalue weighted by molar-refractivity contribution is 8.00. The molecule has 0 aliphatic carbocycles. The Labute approximate surface area is 267 Å². The van der Waals surface area contributed by atoms with Crippen LogP contribution in [-0.2, 0) is 21.8 Å². The molecule has 4 aromatic rings. The second-order valence-corrected chi connectivity index (χ2v) is 13.8. The van der Waals surface area contributed by atoms with E-state index in [0.29, 0.717) is 43.6 Å². The average molecular weight is 653 g/mol. The molecule has 1 amide bonds. The van der Waals surface area contributed by atoms with Crippen LogP contribution in [0, 0.1) is 0 Å². The fourth-order valence-corrected chi connectivity index (χ4v) is 7.70. The number of fused-ring (bicyclic) bond motifs is 1. The second kappa shape index (κ2) is 12.0. The van der Waals surface area contributed by atoms with Gasteiger partial charge >= 0.3 is 5.91 Å². The van der Waals surface area contributed by atoms with Crippen molar-refractivity contribution in [2.75, 3.05) is 4.90 Å². The number of Topliss-reactive ketones (excluding diaryl/α,β-unsaturated/α-hetero) is 1. The Bertz CT molecular complexity index is 1770. The number of halogens is 2. The van der Waals surface area contributed by atoms with Crippen molar-refractivity contribution in [2.24, 2.45) is 0 Å². The van der Waals surface area contributed by atoms with Gasteiger partial charge in [0.25, 0.3) is 5.78 Å². The first kappa shape index (κ1) is 29.7. The number of rotatable bonds is 7. The van der Waals surface area contributed by atoms with E-state index < -0.39 is 17.7 Å². The van der Waals surface area contributed by atoms with Gasteiger partial charge in [0.15, 0.2) is 4.34 Å². The number of aliphatic hydroxyl groups excluding tert-OH is 1. The van der Waals surface area contributed by atoms with Crippen LogP contribution in [0.1, 0.15) is 60.5 Å². The third-order valence-electron chi connectivity index (χ3n) is 7.50. The quantitative estimate of drug-likeness (QED) is 0.0707. The first-order chi connectivity index (χ1) is 20.6. The molecule has 220 valence electrons. The smallest absolute Gasteiger partial charge is 0.301 e. The number of carbonyl (C=O) groups excluding carboxylic acids is 2. The van der Waals surface area contributed by atoms with E-state index in [1.54, 1.807) is 24.3 Å². The number of aromatic nitrogens is 2. The van der Waals surface area contributed by atoms with Crippen molar-refractivity contribution in [3.8, 4) is 5.75 Å². The molecule has 11 heteroatoms. The summed E-state index contributed by atoms with van der Waals surface area (Å²) in [6.45, 7) is 6.17. The lowest BCUT2D eigenvalue weighted by Gasteiger charge is -2.23. The summed E-state index contributed by atoms with van der Waals surface area (Å²) >= 11 is 15.0. The Balaban J connectivity index is 1.38. The largest absolute Gasteiger partial charge is 0.507 e. The first-order valence-corrected chi connectivity index (χ1v) is 16.3. The van der Waals surface area contributed by atoms with Crippen LogP contribution in [0.3, 0.4) is 0 Å². The third kappa shape index (κ3) is 5.79. The molecule has 0 radical (unpaired) electrons. The summed E-state index contributed by atoms with van der Waals surface area (Å²) in [6, 6.07) is 17.5.